The molecule has 5 rings (SSSR count). The Hall–Kier alpha value is -4.68. The monoisotopic (exact) mass is 617 g/mol. The highest BCUT2D eigenvalue weighted by molar-refractivity contribution is 7.18. The zero-order valence-electron chi connectivity index (χ0n) is 23.1. The van der Waals surface area contributed by atoms with Crippen molar-refractivity contribution in [3.8, 4) is 29.0 Å². The highest BCUT2D eigenvalue weighted by Gasteiger charge is 2.23. The largest absolute Gasteiger partial charge is 0.478 e. The van der Waals surface area contributed by atoms with Crippen LogP contribution < -0.4 is 5.56 Å². The van der Waals surface area contributed by atoms with Gasteiger partial charge in [0.05, 0.1) is 38.8 Å². The molecule has 0 saturated heterocycles. The third-order valence-corrected chi connectivity index (χ3v) is 8.06. The van der Waals surface area contributed by atoms with Crippen LogP contribution in [0.2, 0.25) is 5.02 Å². The number of nitriles is 1. The molecule has 216 valence electrons. The average molecular weight is 618 g/mol. The van der Waals surface area contributed by atoms with Crippen LogP contribution in [0, 0.1) is 30.1 Å². The van der Waals surface area contributed by atoms with Crippen LogP contribution in [0.15, 0.2) is 46.7 Å². The van der Waals surface area contributed by atoms with Gasteiger partial charge in [-0.15, -0.1) is 11.3 Å². The molecule has 0 aliphatic heterocycles. The fourth-order valence-electron chi connectivity index (χ4n) is 4.90. The van der Waals surface area contributed by atoms with E-state index in [1.165, 1.54) is 33.5 Å². The van der Waals surface area contributed by atoms with E-state index in [0.29, 0.717) is 31.9 Å². The number of nitrogens with zero attached hydrogens (tertiary/aromatic N) is 5. The summed E-state index contributed by atoms with van der Waals surface area (Å²) in [7, 11) is 3.38. The van der Waals surface area contributed by atoms with Crippen molar-refractivity contribution in [1.29, 1.82) is 5.26 Å². The van der Waals surface area contributed by atoms with Crippen molar-refractivity contribution >= 4 is 50.0 Å². The number of carboxylic acids is 1. The van der Waals surface area contributed by atoms with E-state index in [9.17, 15) is 28.7 Å². The number of aromatic carboxylic acids is 1. The summed E-state index contributed by atoms with van der Waals surface area (Å²) in [5.74, 6) is 5.24. The number of alkyl halides is 2. The highest BCUT2D eigenvalue weighted by Crippen LogP contribution is 2.36. The molecule has 43 heavy (non-hydrogen) atoms. The lowest BCUT2D eigenvalue weighted by atomic mass is 9.97. The molecule has 5 aromatic rings. The van der Waals surface area contributed by atoms with E-state index in [1.807, 2.05) is 6.07 Å². The Kier molecular flexibility index (Phi) is 8.25. The number of carbonyl (C=O) groups is 1. The number of pyridine rings is 1. The van der Waals surface area contributed by atoms with Crippen LogP contribution in [-0.4, -0.2) is 44.6 Å². The van der Waals surface area contributed by atoms with Crippen molar-refractivity contribution in [3.05, 3.63) is 90.9 Å². The smallest absolute Gasteiger partial charge is 0.338 e. The van der Waals surface area contributed by atoms with Gasteiger partial charge in [0.15, 0.2) is 0 Å². The maximum absolute atomic E-state index is 13.9. The molecule has 0 aliphatic carbocycles. The SMILES string of the molecule is Cc1nc2cc(C(F)F)c(CN(C)C)c(C#N)c2c(=O)n1CC#Cc1ccc(Cl)cc1-c1ccnc2c(C(=O)O)csc12. The molecule has 0 amide bonds. The van der Waals surface area contributed by atoms with Crippen molar-refractivity contribution < 1.29 is 18.7 Å². The molecule has 3 aromatic heterocycles. The van der Waals surface area contributed by atoms with Gasteiger partial charge >= 0.3 is 5.97 Å². The normalized spacial score (nSPS) is 11.2. The first-order valence-corrected chi connectivity index (χ1v) is 14.1. The molecule has 0 aliphatic rings. The number of hydrogen-bond acceptors (Lipinski definition) is 7. The van der Waals surface area contributed by atoms with Gasteiger partial charge in [0.1, 0.15) is 11.9 Å². The maximum atomic E-state index is 13.9. The summed E-state index contributed by atoms with van der Waals surface area (Å²) in [5.41, 5.74) is 1.50. The lowest BCUT2D eigenvalue weighted by Gasteiger charge is -2.18. The van der Waals surface area contributed by atoms with E-state index in [0.717, 1.165) is 0 Å². The fraction of sp³-hybridized carbons (Fsp3) is 0.194. The number of thiophene rings is 1. The Bertz CT molecular complexity index is 2110. The minimum absolute atomic E-state index is 0.0273. The van der Waals surface area contributed by atoms with Crippen LogP contribution >= 0.6 is 22.9 Å². The lowest BCUT2D eigenvalue weighted by molar-refractivity contribution is 0.0699. The Morgan fingerprint density at radius 3 is 2.67 bits per heavy atom. The standard InChI is InChI=1S/C31H22ClF2N5O3S/c1-16-37-25-12-21(29(33)34)23(14-38(2)3)22(13-35)26(25)30(40)39(16)10-4-5-17-6-7-18(32)11-20(17)19-8-9-36-27-24(31(41)42)15-43-28(19)27/h6-9,11-12,15,29H,10,14H2,1-3H3,(H,41,42). The third-order valence-electron chi connectivity index (χ3n) is 6.82. The predicted octanol–water partition coefficient (Wildman–Crippen LogP) is 6.26. The van der Waals surface area contributed by atoms with E-state index in [4.69, 9.17) is 11.6 Å². The second kappa shape index (κ2) is 11.9. The number of fused-ring (bicyclic) bond motifs is 2. The maximum Gasteiger partial charge on any atom is 0.338 e. The second-order valence-electron chi connectivity index (χ2n) is 9.90. The summed E-state index contributed by atoms with van der Waals surface area (Å²) in [6.07, 6.45) is -1.32. The van der Waals surface area contributed by atoms with Crippen LogP contribution in [0.5, 0.6) is 0 Å². The van der Waals surface area contributed by atoms with Crippen LogP contribution in [0.25, 0.3) is 32.2 Å². The van der Waals surface area contributed by atoms with Gasteiger partial charge in [-0.25, -0.2) is 18.6 Å². The van der Waals surface area contributed by atoms with Crippen molar-refractivity contribution in [1.82, 2.24) is 19.4 Å². The summed E-state index contributed by atoms with van der Waals surface area (Å²) in [5, 5.41) is 21.4. The number of benzene rings is 2. The van der Waals surface area contributed by atoms with E-state index in [2.05, 4.69) is 21.8 Å². The van der Waals surface area contributed by atoms with Gasteiger partial charge in [0.2, 0.25) is 0 Å². The third kappa shape index (κ3) is 5.58. The first-order chi connectivity index (χ1) is 20.5. The molecule has 0 bridgehead atoms. The van der Waals surface area contributed by atoms with Gasteiger partial charge < -0.3 is 10.0 Å². The molecular formula is C31H22ClF2N5O3S. The molecule has 0 fully saturated rings. The first-order valence-electron chi connectivity index (χ1n) is 12.8. The Balaban J connectivity index is 1.62. The van der Waals surface area contributed by atoms with Crippen molar-refractivity contribution in [2.75, 3.05) is 14.1 Å². The minimum Gasteiger partial charge on any atom is -0.478 e. The summed E-state index contributed by atoms with van der Waals surface area (Å²) < 4.78 is 29.8. The Labute approximate surface area is 253 Å². The molecule has 8 nitrogen and oxygen atoms in total. The summed E-state index contributed by atoms with van der Waals surface area (Å²) in [6, 6.07) is 10.0. The van der Waals surface area contributed by atoms with Crippen LogP contribution in [0.4, 0.5) is 8.78 Å². The topological polar surface area (TPSA) is 112 Å². The van der Waals surface area contributed by atoms with E-state index in [-0.39, 0.29) is 52.1 Å². The zero-order chi connectivity index (χ0) is 31.0. The number of aryl methyl sites for hydroxylation is 1. The fourth-order valence-corrected chi connectivity index (χ4v) is 6.10. The molecule has 0 saturated carbocycles. The molecule has 0 atom stereocenters. The molecule has 1 N–H and O–H groups in total. The average Bonchev–Trinajstić information content (AvgIpc) is 3.40. The molecule has 0 spiro atoms. The van der Waals surface area contributed by atoms with Gasteiger partial charge in [-0.1, -0.05) is 23.4 Å². The summed E-state index contributed by atoms with van der Waals surface area (Å²) >= 11 is 7.57. The highest BCUT2D eigenvalue weighted by atomic mass is 35.5. The van der Waals surface area contributed by atoms with Gasteiger partial charge in [-0.2, -0.15) is 5.26 Å². The van der Waals surface area contributed by atoms with Gasteiger partial charge in [-0.3, -0.25) is 14.3 Å². The van der Waals surface area contributed by atoms with Crippen LogP contribution in [0.1, 0.15) is 44.9 Å². The molecular weight excluding hydrogens is 596 g/mol. The number of carboxylic acid groups (broad SMARTS) is 1. The van der Waals surface area contributed by atoms with E-state index in [1.54, 1.807) is 50.2 Å². The van der Waals surface area contributed by atoms with Crippen LogP contribution in [-0.2, 0) is 13.1 Å². The molecule has 12 heteroatoms. The van der Waals surface area contributed by atoms with Gasteiger partial charge in [-0.05, 0) is 56.9 Å². The molecule has 2 aromatic carbocycles. The predicted molar refractivity (Wildman–Crippen MR) is 162 cm³/mol. The first kappa shape index (κ1) is 29.8. The van der Waals surface area contributed by atoms with Crippen molar-refractivity contribution in [3.63, 3.8) is 0 Å². The molecule has 3 heterocycles. The second-order valence-corrected chi connectivity index (χ2v) is 11.2. The van der Waals surface area contributed by atoms with E-state index >= 15 is 0 Å². The lowest BCUT2D eigenvalue weighted by Crippen LogP contribution is -2.25. The summed E-state index contributed by atoms with van der Waals surface area (Å²) in [4.78, 5) is 35.6. The van der Waals surface area contributed by atoms with Crippen molar-refractivity contribution in [2.24, 2.45) is 0 Å². The van der Waals surface area contributed by atoms with E-state index < -0.39 is 18.0 Å². The van der Waals surface area contributed by atoms with Gasteiger partial charge in [0.25, 0.3) is 12.0 Å². The van der Waals surface area contributed by atoms with Gasteiger partial charge in [0, 0.05) is 45.4 Å². The zero-order valence-corrected chi connectivity index (χ0v) is 24.6. The number of halogens is 3. The Morgan fingerprint density at radius 1 is 1.23 bits per heavy atom. The Morgan fingerprint density at radius 2 is 2.00 bits per heavy atom. The summed E-state index contributed by atoms with van der Waals surface area (Å²) in [6.45, 7) is 1.53. The number of hydrogen-bond donors (Lipinski definition) is 1. The number of rotatable bonds is 6. The van der Waals surface area contributed by atoms with Crippen molar-refractivity contribution in [2.45, 2.75) is 26.4 Å². The molecule has 0 radical (unpaired) electrons. The quantitative estimate of drug-likeness (QED) is 0.224. The number of aromatic nitrogens is 3. The molecule has 0 unspecified atom stereocenters. The van der Waals surface area contributed by atoms with Crippen LogP contribution in [0.3, 0.4) is 0 Å². The minimum atomic E-state index is -2.85.